The van der Waals surface area contributed by atoms with Crippen molar-refractivity contribution in [1.82, 2.24) is 0 Å². The van der Waals surface area contributed by atoms with Crippen LogP contribution in [0.2, 0.25) is 0 Å². The smallest absolute Gasteiger partial charge is 0.238 e. The largest absolute Gasteiger partial charge is 0.507 e. The van der Waals surface area contributed by atoms with Gasteiger partial charge in [0.2, 0.25) is 11.8 Å². The number of imide groups is 1. The van der Waals surface area contributed by atoms with E-state index >= 15 is 0 Å². The Hall–Kier alpha value is -3.33. The van der Waals surface area contributed by atoms with Crippen LogP contribution in [0.15, 0.2) is 76.9 Å². The van der Waals surface area contributed by atoms with Crippen molar-refractivity contribution in [2.75, 3.05) is 4.90 Å². The van der Waals surface area contributed by atoms with Crippen LogP contribution in [0, 0.1) is 28.2 Å². The molecule has 1 heterocycles. The Bertz CT molecular complexity index is 1510. The second kappa shape index (κ2) is 8.62. The molecule has 2 aromatic carbocycles. The summed E-state index contributed by atoms with van der Waals surface area (Å²) in [5, 5.41) is 11.1. The number of benzene rings is 2. The van der Waals surface area contributed by atoms with Gasteiger partial charge in [0.1, 0.15) is 5.75 Å². The molecule has 1 aliphatic heterocycles. The standard InChI is InChI=1S/C30H24INO5/c1-14-4-3-5-19(27(14)34)24-18-10-11-20-25(21(18)13-22-23(33)12-15(2)28(35)26(22)24)30(37)32(29(20)36)17-8-6-16(31)7-9-17/h3-10,12,20-21,24-25,34H,11,13H2,1-2H3. The van der Waals surface area contributed by atoms with Crippen molar-refractivity contribution in [1.29, 1.82) is 0 Å². The second-order valence-electron chi connectivity index (χ2n) is 10.2. The summed E-state index contributed by atoms with van der Waals surface area (Å²) in [6.07, 6.45) is 3.92. The van der Waals surface area contributed by atoms with Gasteiger partial charge in [-0.25, -0.2) is 0 Å². The fraction of sp³-hybridized carbons (Fsp3) is 0.267. The number of aromatic hydroxyl groups is 1. The van der Waals surface area contributed by atoms with E-state index in [4.69, 9.17) is 0 Å². The van der Waals surface area contributed by atoms with Gasteiger partial charge in [-0.1, -0.05) is 29.8 Å². The molecule has 4 aliphatic rings. The Morgan fingerprint density at radius 2 is 1.68 bits per heavy atom. The number of halogens is 1. The summed E-state index contributed by atoms with van der Waals surface area (Å²) in [5.74, 6) is -3.11. The molecule has 6 nitrogen and oxygen atoms in total. The molecule has 1 fully saturated rings. The molecule has 7 heteroatoms. The predicted octanol–water partition coefficient (Wildman–Crippen LogP) is 4.94. The number of phenols is 1. The fourth-order valence-corrected chi connectivity index (χ4v) is 6.84. The predicted molar refractivity (Wildman–Crippen MR) is 146 cm³/mol. The van der Waals surface area contributed by atoms with Crippen molar-refractivity contribution in [2.24, 2.45) is 17.8 Å². The van der Waals surface area contributed by atoms with Gasteiger partial charge in [-0.3, -0.25) is 24.1 Å². The summed E-state index contributed by atoms with van der Waals surface area (Å²) >= 11 is 2.18. The van der Waals surface area contributed by atoms with Gasteiger partial charge in [-0.2, -0.15) is 0 Å². The molecule has 0 aromatic heterocycles. The SMILES string of the molecule is CC1=CC(=O)C2=C(C1=O)C(c1cccc(C)c1O)C1=CCC3C(=O)N(c4ccc(I)cc4)C(=O)C3C1C2. The highest BCUT2D eigenvalue weighted by molar-refractivity contribution is 14.1. The lowest BCUT2D eigenvalue weighted by atomic mass is 9.59. The minimum absolute atomic E-state index is 0.0739. The molecule has 1 N–H and O–H groups in total. The zero-order valence-electron chi connectivity index (χ0n) is 20.3. The highest BCUT2D eigenvalue weighted by Gasteiger charge is 2.56. The Kier molecular flexibility index (Phi) is 5.60. The number of aryl methyl sites for hydroxylation is 1. The Morgan fingerprint density at radius 1 is 0.946 bits per heavy atom. The van der Waals surface area contributed by atoms with Crippen LogP contribution in [0.1, 0.15) is 36.8 Å². The van der Waals surface area contributed by atoms with Crippen LogP contribution < -0.4 is 4.90 Å². The number of hydrogen-bond donors (Lipinski definition) is 1. The highest BCUT2D eigenvalue weighted by Crippen LogP contribution is 2.56. The summed E-state index contributed by atoms with van der Waals surface area (Å²) in [6.45, 7) is 3.42. The van der Waals surface area contributed by atoms with E-state index in [1.165, 1.54) is 11.0 Å². The maximum atomic E-state index is 13.9. The third kappa shape index (κ3) is 3.50. The molecule has 2 aromatic rings. The van der Waals surface area contributed by atoms with Gasteiger partial charge in [-0.15, -0.1) is 0 Å². The topological polar surface area (TPSA) is 91.8 Å². The molecule has 4 unspecified atom stereocenters. The molecule has 186 valence electrons. The number of amides is 2. The Balaban J connectivity index is 1.50. The lowest BCUT2D eigenvalue weighted by molar-refractivity contribution is -0.123. The van der Waals surface area contributed by atoms with Crippen LogP contribution in [-0.2, 0) is 19.2 Å². The summed E-state index contributed by atoms with van der Waals surface area (Å²) in [5.41, 5.74) is 3.72. The quantitative estimate of drug-likeness (QED) is 0.227. The van der Waals surface area contributed by atoms with Gasteiger partial charge in [0, 0.05) is 31.8 Å². The number of nitrogens with zero attached hydrogens (tertiary/aromatic N) is 1. The molecule has 37 heavy (non-hydrogen) atoms. The van der Waals surface area contributed by atoms with E-state index in [2.05, 4.69) is 22.6 Å². The Morgan fingerprint density at radius 3 is 2.41 bits per heavy atom. The van der Waals surface area contributed by atoms with Crippen LogP contribution in [0.4, 0.5) is 5.69 Å². The average Bonchev–Trinajstić information content (AvgIpc) is 3.13. The van der Waals surface area contributed by atoms with E-state index in [0.717, 1.165) is 9.14 Å². The number of allylic oxidation sites excluding steroid dienone is 6. The minimum atomic E-state index is -0.648. The highest BCUT2D eigenvalue weighted by atomic mass is 127. The first-order valence-electron chi connectivity index (χ1n) is 12.3. The number of ketones is 2. The van der Waals surface area contributed by atoms with E-state index in [-0.39, 0.29) is 35.6 Å². The number of phenolic OH excluding ortho intramolecular Hbond substituents is 1. The zero-order valence-corrected chi connectivity index (χ0v) is 22.5. The van der Waals surface area contributed by atoms with Crippen LogP contribution in [0.3, 0.4) is 0 Å². The third-order valence-electron chi connectivity index (χ3n) is 8.23. The molecule has 3 aliphatic carbocycles. The van der Waals surface area contributed by atoms with Gasteiger partial charge < -0.3 is 5.11 Å². The lowest BCUT2D eigenvalue weighted by Gasteiger charge is -2.42. The van der Waals surface area contributed by atoms with Gasteiger partial charge in [-0.05, 0) is 91.1 Å². The third-order valence-corrected chi connectivity index (χ3v) is 8.95. The maximum Gasteiger partial charge on any atom is 0.238 e. The van der Waals surface area contributed by atoms with E-state index in [0.29, 0.717) is 40.0 Å². The summed E-state index contributed by atoms with van der Waals surface area (Å²) in [4.78, 5) is 55.3. The van der Waals surface area contributed by atoms with Gasteiger partial charge in [0.05, 0.1) is 17.5 Å². The molecule has 0 saturated carbocycles. The van der Waals surface area contributed by atoms with Crippen LogP contribution in [0.25, 0.3) is 0 Å². The van der Waals surface area contributed by atoms with Crippen LogP contribution >= 0.6 is 22.6 Å². The van der Waals surface area contributed by atoms with Gasteiger partial charge >= 0.3 is 0 Å². The minimum Gasteiger partial charge on any atom is -0.507 e. The van der Waals surface area contributed by atoms with Crippen LogP contribution in [-0.4, -0.2) is 28.5 Å². The number of anilines is 1. The van der Waals surface area contributed by atoms with Gasteiger partial charge in [0.25, 0.3) is 0 Å². The normalized spacial score (nSPS) is 27.1. The van der Waals surface area contributed by atoms with E-state index < -0.39 is 23.7 Å². The van der Waals surface area contributed by atoms with E-state index in [1.54, 1.807) is 38.1 Å². The summed E-state index contributed by atoms with van der Waals surface area (Å²) < 4.78 is 0.998. The number of hydrogen-bond acceptors (Lipinski definition) is 5. The summed E-state index contributed by atoms with van der Waals surface area (Å²) in [6, 6.07) is 12.6. The first kappa shape index (κ1) is 24.0. The molecule has 4 atom stereocenters. The lowest BCUT2D eigenvalue weighted by Crippen LogP contribution is -2.39. The molecule has 1 saturated heterocycles. The number of rotatable bonds is 2. The number of carbonyl (C=O) groups excluding carboxylic acids is 4. The van der Waals surface area contributed by atoms with Crippen molar-refractivity contribution in [3.63, 3.8) is 0 Å². The fourth-order valence-electron chi connectivity index (χ4n) is 6.48. The average molecular weight is 605 g/mol. The van der Waals surface area contributed by atoms with Crippen molar-refractivity contribution < 1.29 is 24.3 Å². The first-order chi connectivity index (χ1) is 17.7. The molecule has 6 rings (SSSR count). The van der Waals surface area contributed by atoms with Crippen LogP contribution in [0.5, 0.6) is 5.75 Å². The molecular weight excluding hydrogens is 581 g/mol. The number of Topliss-reactive ketones (excluding diaryl/α,β-unsaturated/α-hetero) is 1. The van der Waals surface area contributed by atoms with Crippen molar-refractivity contribution >= 4 is 51.7 Å². The monoisotopic (exact) mass is 605 g/mol. The van der Waals surface area contributed by atoms with Crippen molar-refractivity contribution in [3.8, 4) is 5.75 Å². The molecule has 2 amide bonds. The second-order valence-corrected chi connectivity index (χ2v) is 11.5. The van der Waals surface area contributed by atoms with E-state index in [1.807, 2.05) is 24.3 Å². The number of fused-ring (bicyclic) bond motifs is 3. The van der Waals surface area contributed by atoms with Gasteiger partial charge in [0.15, 0.2) is 11.6 Å². The number of para-hydroxylation sites is 1. The number of carbonyl (C=O) groups is 4. The first-order valence-corrected chi connectivity index (χ1v) is 13.4. The molecule has 0 spiro atoms. The van der Waals surface area contributed by atoms with Crippen molar-refractivity contribution in [3.05, 3.63) is 91.6 Å². The molecule has 0 bridgehead atoms. The zero-order chi connectivity index (χ0) is 26.2. The van der Waals surface area contributed by atoms with Crippen molar-refractivity contribution in [2.45, 2.75) is 32.6 Å². The summed E-state index contributed by atoms with van der Waals surface area (Å²) in [7, 11) is 0. The molecular formula is C30H24INO5. The maximum absolute atomic E-state index is 13.9. The van der Waals surface area contributed by atoms with E-state index in [9.17, 15) is 24.3 Å². The molecule has 0 radical (unpaired) electrons. The Labute approximate surface area is 227 Å².